The number of carbonyl (C=O) groups is 1. The van der Waals surface area contributed by atoms with E-state index in [1.54, 1.807) is 27.0 Å². The summed E-state index contributed by atoms with van der Waals surface area (Å²) in [5, 5.41) is 2.71. The normalized spacial score (nSPS) is 11.4. The summed E-state index contributed by atoms with van der Waals surface area (Å²) in [6, 6.07) is 9.68. The summed E-state index contributed by atoms with van der Waals surface area (Å²) >= 11 is 0. The third kappa shape index (κ3) is 4.99. The summed E-state index contributed by atoms with van der Waals surface area (Å²) in [4.78, 5) is 24.3. The van der Waals surface area contributed by atoms with Gasteiger partial charge in [0.25, 0.3) is 5.56 Å². The molecule has 152 valence electrons. The molecule has 1 N–H and O–H groups in total. The van der Waals surface area contributed by atoms with E-state index in [1.165, 1.54) is 16.6 Å². The number of hydrogen-bond donors (Lipinski definition) is 1. The van der Waals surface area contributed by atoms with Gasteiger partial charge in [0, 0.05) is 37.5 Å². The van der Waals surface area contributed by atoms with Gasteiger partial charge in [-0.1, -0.05) is 32.0 Å². The molecule has 2 rings (SSSR count). The number of nitrogens with zero attached hydrogens (tertiary/aromatic N) is 2. The fourth-order valence-corrected chi connectivity index (χ4v) is 4.23. The second-order valence-electron chi connectivity index (χ2n) is 6.01. The van der Waals surface area contributed by atoms with Gasteiger partial charge in [0.15, 0.2) is 0 Å². The molecule has 0 saturated carbocycles. The Balaban J connectivity index is 2.15. The number of benzene rings is 1. The Morgan fingerprint density at radius 3 is 2.46 bits per heavy atom. The van der Waals surface area contributed by atoms with Crippen molar-refractivity contribution in [1.29, 1.82) is 0 Å². The van der Waals surface area contributed by atoms with Gasteiger partial charge < -0.3 is 14.6 Å². The molecule has 1 aromatic carbocycles. The van der Waals surface area contributed by atoms with Crippen molar-refractivity contribution in [3.05, 3.63) is 58.5 Å². The molecule has 2 aromatic rings. The fraction of sp³-hybridized carbons (Fsp3) is 0.368. The Kier molecular flexibility index (Phi) is 7.36. The van der Waals surface area contributed by atoms with E-state index in [9.17, 15) is 18.0 Å². The molecule has 0 aliphatic rings. The van der Waals surface area contributed by atoms with E-state index >= 15 is 0 Å². The number of aromatic nitrogens is 1. The number of sulfonamides is 1. The summed E-state index contributed by atoms with van der Waals surface area (Å²) in [5.41, 5.74) is 0.342. The number of methoxy groups -OCH3 is 1. The first-order chi connectivity index (χ1) is 13.3. The van der Waals surface area contributed by atoms with Crippen molar-refractivity contribution in [3.8, 4) is 5.75 Å². The van der Waals surface area contributed by atoms with Crippen LogP contribution in [0.3, 0.4) is 0 Å². The maximum atomic E-state index is 12.6. The molecule has 8 nitrogen and oxygen atoms in total. The Hall–Kier alpha value is -2.65. The zero-order valence-electron chi connectivity index (χ0n) is 16.2. The van der Waals surface area contributed by atoms with E-state index in [0.717, 1.165) is 16.2 Å². The van der Waals surface area contributed by atoms with Crippen molar-refractivity contribution in [1.82, 2.24) is 14.2 Å². The Morgan fingerprint density at radius 1 is 1.14 bits per heavy atom. The molecule has 0 aliphatic carbocycles. The van der Waals surface area contributed by atoms with Crippen molar-refractivity contribution in [2.75, 3.05) is 20.2 Å². The van der Waals surface area contributed by atoms with Crippen LogP contribution in [0.25, 0.3) is 0 Å². The van der Waals surface area contributed by atoms with Gasteiger partial charge in [0.2, 0.25) is 15.9 Å². The monoisotopic (exact) mass is 407 g/mol. The summed E-state index contributed by atoms with van der Waals surface area (Å²) in [6.45, 7) is 4.06. The molecule has 1 aromatic heterocycles. The van der Waals surface area contributed by atoms with E-state index < -0.39 is 21.5 Å². The van der Waals surface area contributed by atoms with Gasteiger partial charge in [-0.2, -0.15) is 4.31 Å². The van der Waals surface area contributed by atoms with Crippen molar-refractivity contribution < 1.29 is 17.9 Å². The van der Waals surface area contributed by atoms with Gasteiger partial charge in [-0.05, 0) is 12.1 Å². The predicted molar refractivity (Wildman–Crippen MR) is 106 cm³/mol. The topological polar surface area (TPSA) is 97.7 Å². The van der Waals surface area contributed by atoms with Gasteiger partial charge in [-0.25, -0.2) is 8.42 Å². The number of para-hydroxylation sites is 1. The lowest BCUT2D eigenvalue weighted by Gasteiger charge is -2.19. The highest BCUT2D eigenvalue weighted by atomic mass is 32.2. The number of carbonyl (C=O) groups excluding carboxylic acids is 1. The van der Waals surface area contributed by atoms with Gasteiger partial charge in [-0.3, -0.25) is 9.59 Å². The van der Waals surface area contributed by atoms with Gasteiger partial charge in [0.05, 0.1) is 12.0 Å². The van der Waals surface area contributed by atoms with Crippen LogP contribution in [0, 0.1) is 0 Å². The summed E-state index contributed by atoms with van der Waals surface area (Å²) in [5.74, 6) is 0.234. The van der Waals surface area contributed by atoms with Gasteiger partial charge >= 0.3 is 0 Å². The highest BCUT2D eigenvalue weighted by Gasteiger charge is 2.22. The second-order valence-corrected chi connectivity index (χ2v) is 7.95. The highest BCUT2D eigenvalue weighted by Crippen LogP contribution is 2.17. The summed E-state index contributed by atoms with van der Waals surface area (Å²) in [6.07, 6.45) is 1.21. The molecule has 0 atom stereocenters. The van der Waals surface area contributed by atoms with Crippen LogP contribution < -0.4 is 15.6 Å². The Labute approximate surface area is 164 Å². The largest absolute Gasteiger partial charge is 0.496 e. The van der Waals surface area contributed by atoms with Crippen LogP contribution in [0.2, 0.25) is 0 Å². The van der Waals surface area contributed by atoms with E-state index in [2.05, 4.69) is 5.32 Å². The van der Waals surface area contributed by atoms with Crippen LogP contribution in [0.5, 0.6) is 5.75 Å². The molecule has 0 fully saturated rings. The number of rotatable bonds is 9. The van der Waals surface area contributed by atoms with Crippen LogP contribution >= 0.6 is 0 Å². The van der Waals surface area contributed by atoms with Crippen LogP contribution in [-0.4, -0.2) is 43.4 Å². The van der Waals surface area contributed by atoms with E-state index in [1.807, 2.05) is 18.2 Å². The first-order valence-electron chi connectivity index (χ1n) is 8.92. The molecule has 0 aliphatic heterocycles. The fourth-order valence-electron chi connectivity index (χ4n) is 2.75. The third-order valence-electron chi connectivity index (χ3n) is 4.28. The molecule has 28 heavy (non-hydrogen) atoms. The molecular weight excluding hydrogens is 382 g/mol. The van der Waals surface area contributed by atoms with Crippen molar-refractivity contribution >= 4 is 15.9 Å². The van der Waals surface area contributed by atoms with Gasteiger partial charge in [0.1, 0.15) is 12.3 Å². The minimum Gasteiger partial charge on any atom is -0.496 e. The molecular formula is C19H25N3O5S. The SMILES string of the molecule is CCN(CC)S(=O)(=O)c1ccc(=O)n(CC(=O)NCc2ccccc2OC)c1. The van der Waals surface area contributed by atoms with Crippen LogP contribution in [0.1, 0.15) is 19.4 Å². The third-order valence-corrected chi connectivity index (χ3v) is 6.32. The van der Waals surface area contributed by atoms with Crippen molar-refractivity contribution in [2.45, 2.75) is 31.8 Å². The molecule has 1 amide bonds. The number of nitrogens with one attached hydrogen (secondary N) is 1. The van der Waals surface area contributed by atoms with Crippen LogP contribution in [0.4, 0.5) is 0 Å². The second kappa shape index (κ2) is 9.52. The lowest BCUT2D eigenvalue weighted by Crippen LogP contribution is -2.34. The average Bonchev–Trinajstić information content (AvgIpc) is 2.68. The first kappa shape index (κ1) is 21.6. The van der Waals surface area contributed by atoms with Crippen molar-refractivity contribution in [3.63, 3.8) is 0 Å². The number of pyridine rings is 1. The standard InChI is InChI=1S/C19H25N3O5S/c1-4-22(5-2)28(25,26)16-10-11-19(24)21(13-16)14-18(23)20-12-15-8-6-7-9-17(15)27-3/h6-11,13H,4-5,12,14H2,1-3H3,(H,20,23). The smallest absolute Gasteiger partial charge is 0.251 e. The van der Waals surface area contributed by atoms with Gasteiger partial charge in [-0.15, -0.1) is 0 Å². The number of ether oxygens (including phenoxy) is 1. The average molecular weight is 407 g/mol. The number of amides is 1. The first-order valence-corrected chi connectivity index (χ1v) is 10.4. The maximum absolute atomic E-state index is 12.6. The minimum absolute atomic E-state index is 0.0201. The molecule has 1 heterocycles. The summed E-state index contributed by atoms with van der Waals surface area (Å²) in [7, 11) is -2.17. The minimum atomic E-state index is -3.72. The molecule has 0 saturated heterocycles. The molecule has 0 spiro atoms. The molecule has 0 unspecified atom stereocenters. The predicted octanol–water partition coefficient (Wildman–Crippen LogP) is 1.20. The molecule has 0 bridgehead atoms. The highest BCUT2D eigenvalue weighted by molar-refractivity contribution is 7.89. The zero-order chi connectivity index (χ0) is 20.7. The zero-order valence-corrected chi connectivity index (χ0v) is 17.0. The molecule has 0 radical (unpaired) electrons. The lowest BCUT2D eigenvalue weighted by atomic mass is 10.2. The lowest BCUT2D eigenvalue weighted by molar-refractivity contribution is -0.121. The number of hydrogen-bond acceptors (Lipinski definition) is 5. The Morgan fingerprint density at radius 2 is 1.82 bits per heavy atom. The summed E-state index contributed by atoms with van der Waals surface area (Å²) < 4.78 is 32.9. The maximum Gasteiger partial charge on any atom is 0.251 e. The molecule has 9 heteroatoms. The van der Waals surface area contributed by atoms with Crippen molar-refractivity contribution in [2.24, 2.45) is 0 Å². The van der Waals surface area contributed by atoms with E-state index in [-0.39, 0.29) is 18.0 Å². The van der Waals surface area contributed by atoms with Crippen LogP contribution in [0.15, 0.2) is 52.3 Å². The quantitative estimate of drug-likeness (QED) is 0.674. The van der Waals surface area contributed by atoms with E-state index in [4.69, 9.17) is 4.74 Å². The van der Waals surface area contributed by atoms with Crippen LogP contribution in [-0.2, 0) is 27.9 Å². The van der Waals surface area contributed by atoms with E-state index in [0.29, 0.717) is 18.8 Å². The Bertz CT molecular complexity index is 981.